The van der Waals surface area contributed by atoms with E-state index in [4.69, 9.17) is 0 Å². The molecule has 1 atom stereocenters. The number of hydrogen-bond acceptors (Lipinski definition) is 1. The Balaban J connectivity index is 2.15. The van der Waals surface area contributed by atoms with Gasteiger partial charge in [-0.15, -0.1) is 0 Å². The summed E-state index contributed by atoms with van der Waals surface area (Å²) >= 11 is 0. The molecule has 1 nitrogen and oxygen atoms in total. The monoisotopic (exact) mass is 222 g/mol. The number of fused-ring (bicyclic) bond motifs is 1. The van der Waals surface area contributed by atoms with Crippen LogP contribution in [0.5, 0.6) is 0 Å². The molecule has 0 heterocycles. The minimum atomic E-state index is 0.105. The maximum atomic E-state index is 11.0. The van der Waals surface area contributed by atoms with Crippen LogP contribution in [0, 0.1) is 0 Å². The zero-order chi connectivity index (χ0) is 11.7. The van der Waals surface area contributed by atoms with Gasteiger partial charge < -0.3 is 4.79 Å². The second-order valence-corrected chi connectivity index (χ2v) is 4.52. The van der Waals surface area contributed by atoms with Crippen molar-refractivity contribution in [2.75, 3.05) is 0 Å². The van der Waals surface area contributed by atoms with Crippen LogP contribution in [0.25, 0.3) is 11.1 Å². The molecule has 1 heteroatoms. The highest BCUT2D eigenvalue weighted by Gasteiger charge is 2.23. The second-order valence-electron chi connectivity index (χ2n) is 4.52. The Hall–Kier alpha value is -1.89. The van der Waals surface area contributed by atoms with Crippen LogP contribution in [-0.4, -0.2) is 6.29 Å². The van der Waals surface area contributed by atoms with Gasteiger partial charge in [0.25, 0.3) is 0 Å². The number of aldehydes is 1. The molecule has 0 spiro atoms. The van der Waals surface area contributed by atoms with Gasteiger partial charge in [0.15, 0.2) is 0 Å². The number of benzene rings is 2. The van der Waals surface area contributed by atoms with Crippen molar-refractivity contribution < 1.29 is 4.79 Å². The molecular formula is C16H14O. The van der Waals surface area contributed by atoms with Crippen LogP contribution in [0.15, 0.2) is 48.5 Å². The lowest BCUT2D eigenvalue weighted by molar-refractivity contribution is -0.109. The Morgan fingerprint density at radius 1 is 1.00 bits per heavy atom. The molecule has 1 aliphatic rings. The third-order valence-corrected chi connectivity index (χ3v) is 3.57. The highest BCUT2D eigenvalue weighted by atomic mass is 16.1. The normalized spacial score (nSPS) is 17.8. The summed E-state index contributed by atoms with van der Waals surface area (Å²) in [6.45, 7) is 0. The highest BCUT2D eigenvalue weighted by molar-refractivity contribution is 5.74. The summed E-state index contributed by atoms with van der Waals surface area (Å²) in [6, 6.07) is 16.7. The summed E-state index contributed by atoms with van der Waals surface area (Å²) in [6.07, 6.45) is 3.06. The fourth-order valence-corrected chi connectivity index (χ4v) is 2.72. The van der Waals surface area contributed by atoms with E-state index in [0.717, 1.165) is 19.1 Å². The molecule has 0 amide bonds. The van der Waals surface area contributed by atoms with Gasteiger partial charge in [-0.3, -0.25) is 0 Å². The van der Waals surface area contributed by atoms with E-state index in [2.05, 4.69) is 42.5 Å². The summed E-state index contributed by atoms with van der Waals surface area (Å²) in [4.78, 5) is 11.0. The molecule has 0 aliphatic heterocycles. The number of hydrogen-bond donors (Lipinski definition) is 0. The van der Waals surface area contributed by atoms with E-state index in [9.17, 15) is 4.79 Å². The van der Waals surface area contributed by atoms with E-state index in [0.29, 0.717) is 0 Å². The molecule has 1 unspecified atom stereocenters. The topological polar surface area (TPSA) is 17.1 Å². The lowest BCUT2D eigenvalue weighted by Gasteiger charge is -2.09. The summed E-state index contributed by atoms with van der Waals surface area (Å²) in [7, 11) is 0. The van der Waals surface area contributed by atoms with Crippen LogP contribution >= 0.6 is 0 Å². The van der Waals surface area contributed by atoms with Crippen molar-refractivity contribution in [3.05, 3.63) is 59.7 Å². The third-order valence-electron chi connectivity index (χ3n) is 3.57. The van der Waals surface area contributed by atoms with Gasteiger partial charge in [-0.2, -0.15) is 0 Å². The second kappa shape index (κ2) is 4.17. The van der Waals surface area contributed by atoms with Gasteiger partial charge in [0.05, 0.1) is 0 Å². The number of rotatable bonds is 2. The van der Waals surface area contributed by atoms with Crippen molar-refractivity contribution in [3.8, 4) is 11.1 Å². The fourth-order valence-electron chi connectivity index (χ4n) is 2.72. The smallest absolute Gasteiger partial charge is 0.127 e. The lowest BCUT2D eigenvalue weighted by atomic mass is 9.95. The molecule has 0 fully saturated rings. The molecule has 0 radical (unpaired) electrons. The largest absolute Gasteiger partial charge is 0.303 e. The van der Waals surface area contributed by atoms with Gasteiger partial charge in [-0.25, -0.2) is 0 Å². The van der Waals surface area contributed by atoms with E-state index in [1.807, 2.05) is 6.07 Å². The Kier molecular flexibility index (Phi) is 2.52. The molecule has 0 saturated heterocycles. The average Bonchev–Trinajstić information content (AvgIpc) is 2.82. The van der Waals surface area contributed by atoms with Gasteiger partial charge in [0, 0.05) is 5.92 Å². The molecule has 0 saturated carbocycles. The lowest BCUT2D eigenvalue weighted by Crippen LogP contribution is -1.94. The van der Waals surface area contributed by atoms with Gasteiger partial charge >= 0.3 is 0 Å². The van der Waals surface area contributed by atoms with Crippen LogP contribution in [0.2, 0.25) is 0 Å². The predicted molar refractivity (Wildman–Crippen MR) is 69.0 cm³/mol. The van der Waals surface area contributed by atoms with Gasteiger partial charge in [0.2, 0.25) is 0 Å². The minimum Gasteiger partial charge on any atom is -0.303 e. The van der Waals surface area contributed by atoms with Crippen molar-refractivity contribution >= 4 is 6.29 Å². The van der Waals surface area contributed by atoms with Crippen molar-refractivity contribution in [1.29, 1.82) is 0 Å². The minimum absolute atomic E-state index is 0.105. The number of carbonyl (C=O) groups is 1. The molecule has 3 rings (SSSR count). The first kappa shape index (κ1) is 10.3. The van der Waals surface area contributed by atoms with E-state index in [1.54, 1.807) is 0 Å². The Bertz CT molecular complexity index is 543. The van der Waals surface area contributed by atoms with Gasteiger partial charge in [-0.05, 0) is 35.1 Å². The molecule has 84 valence electrons. The molecule has 0 N–H and O–H groups in total. The zero-order valence-electron chi connectivity index (χ0n) is 9.60. The maximum absolute atomic E-state index is 11.0. The predicted octanol–water partition coefficient (Wildman–Crippen LogP) is 3.58. The summed E-state index contributed by atoms with van der Waals surface area (Å²) < 4.78 is 0. The number of carbonyl (C=O) groups excluding carboxylic acids is 1. The van der Waals surface area contributed by atoms with E-state index >= 15 is 0 Å². The van der Waals surface area contributed by atoms with Crippen molar-refractivity contribution in [2.24, 2.45) is 0 Å². The highest BCUT2D eigenvalue weighted by Crippen LogP contribution is 2.37. The van der Waals surface area contributed by atoms with Crippen molar-refractivity contribution in [1.82, 2.24) is 0 Å². The molecular weight excluding hydrogens is 208 g/mol. The summed E-state index contributed by atoms with van der Waals surface area (Å²) in [5.74, 6) is 0.105. The quantitative estimate of drug-likeness (QED) is 0.710. The van der Waals surface area contributed by atoms with Crippen LogP contribution in [0.1, 0.15) is 23.5 Å². The van der Waals surface area contributed by atoms with Crippen LogP contribution < -0.4 is 0 Å². The van der Waals surface area contributed by atoms with E-state index < -0.39 is 0 Å². The molecule has 2 aromatic rings. The first-order chi connectivity index (χ1) is 8.40. The molecule has 2 aromatic carbocycles. The fraction of sp³-hybridized carbons (Fsp3) is 0.188. The Morgan fingerprint density at radius 2 is 1.82 bits per heavy atom. The maximum Gasteiger partial charge on any atom is 0.127 e. The SMILES string of the molecule is O=CC1CCc2c(-c3ccccc3)cccc21. The zero-order valence-corrected chi connectivity index (χ0v) is 9.60. The van der Waals surface area contributed by atoms with E-state index in [1.165, 1.54) is 22.3 Å². The molecule has 1 aliphatic carbocycles. The van der Waals surface area contributed by atoms with Crippen molar-refractivity contribution in [3.63, 3.8) is 0 Å². The standard InChI is InChI=1S/C16H14O/c17-11-13-9-10-16-14(7-4-8-15(13)16)12-5-2-1-3-6-12/h1-8,11,13H,9-10H2. The van der Waals surface area contributed by atoms with Gasteiger partial charge in [0.1, 0.15) is 6.29 Å². The van der Waals surface area contributed by atoms with Gasteiger partial charge in [-0.1, -0.05) is 48.5 Å². The molecule has 0 aromatic heterocycles. The Morgan fingerprint density at radius 3 is 2.59 bits per heavy atom. The van der Waals surface area contributed by atoms with Crippen LogP contribution in [0.4, 0.5) is 0 Å². The average molecular weight is 222 g/mol. The van der Waals surface area contributed by atoms with E-state index in [-0.39, 0.29) is 5.92 Å². The molecule has 0 bridgehead atoms. The summed E-state index contributed by atoms with van der Waals surface area (Å²) in [5.41, 5.74) is 5.11. The first-order valence-electron chi connectivity index (χ1n) is 6.02. The van der Waals surface area contributed by atoms with Crippen molar-refractivity contribution in [2.45, 2.75) is 18.8 Å². The van der Waals surface area contributed by atoms with Crippen LogP contribution in [-0.2, 0) is 11.2 Å². The first-order valence-corrected chi connectivity index (χ1v) is 6.02. The summed E-state index contributed by atoms with van der Waals surface area (Å²) in [5, 5.41) is 0. The van der Waals surface area contributed by atoms with Crippen LogP contribution in [0.3, 0.4) is 0 Å². The third kappa shape index (κ3) is 1.68. The Labute approximate surface area is 101 Å². The molecule has 17 heavy (non-hydrogen) atoms.